The van der Waals surface area contributed by atoms with Gasteiger partial charge in [-0.15, -0.1) is 0 Å². The first-order valence-corrected chi connectivity index (χ1v) is 9.33. The third kappa shape index (κ3) is 5.26. The van der Waals surface area contributed by atoms with Crippen molar-refractivity contribution in [3.8, 4) is 5.75 Å². The van der Waals surface area contributed by atoms with Crippen LogP contribution in [0.1, 0.15) is 51.6 Å². The Morgan fingerprint density at radius 2 is 1.55 bits per heavy atom. The molecule has 4 heteroatoms. The molecule has 0 aliphatic heterocycles. The molecule has 0 atom stereocenters. The molecule has 0 bridgehead atoms. The minimum Gasteiger partial charge on any atom is -0.423 e. The summed E-state index contributed by atoms with van der Waals surface area (Å²) in [5.41, 5.74) is 2.51. The molecule has 0 unspecified atom stereocenters. The van der Waals surface area contributed by atoms with Gasteiger partial charge in [0.05, 0.1) is 5.56 Å². The van der Waals surface area contributed by atoms with Crippen LogP contribution in [0.5, 0.6) is 5.75 Å². The fourth-order valence-electron chi connectivity index (χ4n) is 2.74. The lowest BCUT2D eigenvalue weighted by molar-refractivity contribution is 0.0730. The van der Waals surface area contributed by atoms with E-state index >= 15 is 0 Å². The van der Waals surface area contributed by atoms with E-state index in [0.717, 1.165) is 5.56 Å². The zero-order chi connectivity index (χ0) is 20.8. The lowest BCUT2D eigenvalue weighted by Gasteiger charge is -2.06. The van der Waals surface area contributed by atoms with Gasteiger partial charge in [0.25, 0.3) is 0 Å². The summed E-state index contributed by atoms with van der Waals surface area (Å²) in [4.78, 5) is 24.4. The second-order valence-electron chi connectivity index (χ2n) is 6.91. The molecule has 3 aromatic rings. The summed E-state index contributed by atoms with van der Waals surface area (Å²) in [5, 5.41) is 0. The maximum atomic E-state index is 13.6. The summed E-state index contributed by atoms with van der Waals surface area (Å²) in [6.07, 6.45) is 3.27. The van der Waals surface area contributed by atoms with Gasteiger partial charge >= 0.3 is 5.97 Å². The van der Waals surface area contributed by atoms with Crippen molar-refractivity contribution in [2.45, 2.75) is 19.8 Å². The number of esters is 1. The average Bonchev–Trinajstić information content (AvgIpc) is 2.73. The molecule has 0 aliphatic carbocycles. The summed E-state index contributed by atoms with van der Waals surface area (Å²) in [5.74, 6) is -0.892. The molecule has 0 radical (unpaired) electrons. The molecule has 0 aromatic heterocycles. The van der Waals surface area contributed by atoms with Gasteiger partial charge in [0, 0.05) is 5.56 Å². The number of halogens is 1. The van der Waals surface area contributed by atoms with E-state index in [1.54, 1.807) is 24.3 Å². The molecule has 0 saturated carbocycles. The van der Waals surface area contributed by atoms with Crippen molar-refractivity contribution in [2.24, 2.45) is 0 Å². The minimum atomic E-state index is -0.785. The Balaban J connectivity index is 1.64. The minimum absolute atomic E-state index is 0.140. The molecule has 0 heterocycles. The van der Waals surface area contributed by atoms with Gasteiger partial charge < -0.3 is 4.74 Å². The Morgan fingerprint density at radius 3 is 2.17 bits per heavy atom. The zero-order valence-electron chi connectivity index (χ0n) is 16.3. The van der Waals surface area contributed by atoms with Gasteiger partial charge in [-0.3, -0.25) is 4.79 Å². The predicted octanol–water partition coefficient (Wildman–Crippen LogP) is 6.06. The highest BCUT2D eigenvalue weighted by Gasteiger charge is 2.13. The predicted molar refractivity (Wildman–Crippen MR) is 112 cm³/mol. The van der Waals surface area contributed by atoms with Gasteiger partial charge in [-0.1, -0.05) is 56.3 Å². The average molecular weight is 388 g/mol. The number of carbonyl (C=O) groups excluding carboxylic acids is 2. The van der Waals surface area contributed by atoms with E-state index in [-0.39, 0.29) is 17.1 Å². The summed E-state index contributed by atoms with van der Waals surface area (Å²) in [6, 6.07) is 19.8. The largest absolute Gasteiger partial charge is 0.423 e. The van der Waals surface area contributed by atoms with Gasteiger partial charge in [0.2, 0.25) is 0 Å². The maximum Gasteiger partial charge on any atom is 0.346 e. The van der Waals surface area contributed by atoms with Crippen LogP contribution in [-0.2, 0) is 0 Å². The molecule has 0 aliphatic rings. The van der Waals surface area contributed by atoms with Crippen LogP contribution < -0.4 is 4.74 Å². The number of carbonyl (C=O) groups is 2. The molecule has 146 valence electrons. The molecule has 0 amide bonds. The number of hydrogen-bond acceptors (Lipinski definition) is 3. The SMILES string of the molecule is CC(C)c1ccc(C=CC(=O)c2ccc(OC(=O)c3ccccc3F)cc2)cc1. The third-order valence-electron chi connectivity index (χ3n) is 4.47. The molecule has 3 aromatic carbocycles. The Bertz CT molecular complexity index is 1030. The first-order valence-electron chi connectivity index (χ1n) is 9.33. The van der Waals surface area contributed by atoms with E-state index in [9.17, 15) is 14.0 Å². The standard InChI is InChI=1S/C25H21FO3/c1-17(2)19-10-7-18(8-11-19)9-16-24(27)20-12-14-21(15-13-20)29-25(28)22-5-3-4-6-23(22)26/h3-17H,1-2H3. The van der Waals surface area contributed by atoms with E-state index < -0.39 is 11.8 Å². The second-order valence-corrected chi connectivity index (χ2v) is 6.91. The lowest BCUT2D eigenvalue weighted by atomic mass is 10.0. The summed E-state index contributed by atoms with van der Waals surface area (Å²) >= 11 is 0. The van der Waals surface area contributed by atoms with Crippen molar-refractivity contribution < 1.29 is 18.7 Å². The lowest BCUT2D eigenvalue weighted by Crippen LogP contribution is -2.10. The van der Waals surface area contributed by atoms with Crippen molar-refractivity contribution in [3.63, 3.8) is 0 Å². The quantitative estimate of drug-likeness (QED) is 0.223. The van der Waals surface area contributed by atoms with E-state index in [2.05, 4.69) is 13.8 Å². The van der Waals surface area contributed by atoms with E-state index in [4.69, 9.17) is 4.74 Å². The van der Waals surface area contributed by atoms with Gasteiger partial charge in [0.15, 0.2) is 5.78 Å². The van der Waals surface area contributed by atoms with Crippen LogP contribution in [0.3, 0.4) is 0 Å². The molecular formula is C25H21FO3. The van der Waals surface area contributed by atoms with Crippen LogP contribution in [0.25, 0.3) is 6.08 Å². The maximum absolute atomic E-state index is 13.6. The number of rotatable bonds is 6. The number of ketones is 1. The van der Waals surface area contributed by atoms with E-state index in [1.807, 2.05) is 24.3 Å². The first kappa shape index (κ1) is 20.2. The first-order chi connectivity index (χ1) is 13.9. The van der Waals surface area contributed by atoms with Crippen LogP contribution >= 0.6 is 0 Å². The molecule has 0 saturated heterocycles. The Hall–Kier alpha value is -3.53. The number of benzene rings is 3. The topological polar surface area (TPSA) is 43.4 Å². The Labute approximate surface area is 169 Å². The van der Waals surface area contributed by atoms with Gasteiger partial charge in [-0.05, 0) is 59.5 Å². The van der Waals surface area contributed by atoms with Crippen LogP contribution in [-0.4, -0.2) is 11.8 Å². The highest BCUT2D eigenvalue weighted by molar-refractivity contribution is 6.06. The van der Waals surface area contributed by atoms with Crippen LogP contribution in [0.15, 0.2) is 78.9 Å². The van der Waals surface area contributed by atoms with Crippen molar-refractivity contribution in [1.29, 1.82) is 0 Å². The molecule has 3 rings (SSSR count). The Kier molecular flexibility index (Phi) is 6.35. The molecular weight excluding hydrogens is 367 g/mol. The number of ether oxygens (including phenoxy) is 1. The van der Waals surface area contributed by atoms with Gasteiger partial charge in [-0.25, -0.2) is 9.18 Å². The third-order valence-corrected chi connectivity index (χ3v) is 4.47. The van der Waals surface area contributed by atoms with Crippen molar-refractivity contribution in [1.82, 2.24) is 0 Å². The van der Waals surface area contributed by atoms with Crippen molar-refractivity contribution in [3.05, 3.63) is 107 Å². The summed E-state index contributed by atoms with van der Waals surface area (Å²) < 4.78 is 18.8. The summed E-state index contributed by atoms with van der Waals surface area (Å²) in [7, 11) is 0. The van der Waals surface area contributed by atoms with E-state index in [1.165, 1.54) is 42.0 Å². The van der Waals surface area contributed by atoms with Gasteiger partial charge in [0.1, 0.15) is 11.6 Å². The van der Waals surface area contributed by atoms with Crippen LogP contribution in [0, 0.1) is 5.82 Å². The van der Waals surface area contributed by atoms with Crippen molar-refractivity contribution >= 4 is 17.8 Å². The highest BCUT2D eigenvalue weighted by Crippen LogP contribution is 2.18. The fraction of sp³-hybridized carbons (Fsp3) is 0.120. The smallest absolute Gasteiger partial charge is 0.346 e. The normalized spacial score (nSPS) is 11.0. The fourth-order valence-corrected chi connectivity index (χ4v) is 2.74. The van der Waals surface area contributed by atoms with Crippen LogP contribution in [0.2, 0.25) is 0 Å². The number of allylic oxidation sites excluding steroid dienone is 1. The second kappa shape index (κ2) is 9.11. The zero-order valence-corrected chi connectivity index (χ0v) is 16.3. The van der Waals surface area contributed by atoms with Crippen molar-refractivity contribution in [2.75, 3.05) is 0 Å². The molecule has 3 nitrogen and oxygen atoms in total. The van der Waals surface area contributed by atoms with Crippen LogP contribution in [0.4, 0.5) is 4.39 Å². The monoisotopic (exact) mass is 388 g/mol. The summed E-state index contributed by atoms with van der Waals surface area (Å²) in [6.45, 7) is 4.26. The number of hydrogen-bond donors (Lipinski definition) is 0. The molecule has 0 fully saturated rings. The molecule has 0 spiro atoms. The molecule has 29 heavy (non-hydrogen) atoms. The van der Waals surface area contributed by atoms with Gasteiger partial charge in [-0.2, -0.15) is 0 Å². The Morgan fingerprint density at radius 1 is 0.897 bits per heavy atom. The molecule has 0 N–H and O–H groups in total. The van der Waals surface area contributed by atoms with E-state index in [0.29, 0.717) is 11.5 Å². The highest BCUT2D eigenvalue weighted by atomic mass is 19.1.